The summed E-state index contributed by atoms with van der Waals surface area (Å²) in [7, 11) is 0. The average molecular weight is 234 g/mol. The van der Waals surface area contributed by atoms with Gasteiger partial charge in [-0.1, -0.05) is 0 Å². The van der Waals surface area contributed by atoms with Crippen LogP contribution in [0.1, 0.15) is 22.7 Å². The predicted octanol–water partition coefficient (Wildman–Crippen LogP) is 2.72. The van der Waals surface area contributed by atoms with E-state index in [1.54, 1.807) is 18.5 Å². The van der Waals surface area contributed by atoms with Gasteiger partial charge in [0.05, 0.1) is 6.04 Å². The van der Waals surface area contributed by atoms with Crippen molar-refractivity contribution in [3.8, 4) is 0 Å². The van der Waals surface area contributed by atoms with E-state index in [-0.39, 0.29) is 0 Å². The summed E-state index contributed by atoms with van der Waals surface area (Å²) >= 11 is 0. The molecule has 1 unspecified atom stereocenters. The Labute approximate surface area is 98.1 Å². The summed E-state index contributed by atoms with van der Waals surface area (Å²) in [5, 5.41) is 0. The highest BCUT2D eigenvalue weighted by Gasteiger charge is 2.13. The molecule has 0 aliphatic heterocycles. The number of hydrogen-bond donors (Lipinski definition) is 1. The number of benzene rings is 1. The smallest absolute Gasteiger partial charge is 0.126 e. The molecule has 17 heavy (non-hydrogen) atoms. The number of aryl methyl sites for hydroxylation is 1. The molecular formula is C13H12F2N2. The molecule has 0 fully saturated rings. The van der Waals surface area contributed by atoms with Crippen molar-refractivity contribution in [3.05, 3.63) is 65.0 Å². The third-order valence-electron chi connectivity index (χ3n) is 2.64. The van der Waals surface area contributed by atoms with Gasteiger partial charge in [-0.15, -0.1) is 0 Å². The SMILES string of the molecule is Cc1cnccc1C(N)c1cc(F)cc(F)c1. The first-order valence-electron chi connectivity index (χ1n) is 5.20. The molecule has 0 saturated carbocycles. The maximum Gasteiger partial charge on any atom is 0.126 e. The second-order valence-corrected chi connectivity index (χ2v) is 3.91. The van der Waals surface area contributed by atoms with Crippen molar-refractivity contribution in [3.63, 3.8) is 0 Å². The van der Waals surface area contributed by atoms with Gasteiger partial charge in [0, 0.05) is 18.5 Å². The van der Waals surface area contributed by atoms with E-state index in [2.05, 4.69) is 4.98 Å². The topological polar surface area (TPSA) is 38.9 Å². The van der Waals surface area contributed by atoms with Gasteiger partial charge in [0.1, 0.15) is 11.6 Å². The maximum absolute atomic E-state index is 13.1. The summed E-state index contributed by atoms with van der Waals surface area (Å²) in [6.45, 7) is 1.86. The monoisotopic (exact) mass is 234 g/mol. The van der Waals surface area contributed by atoms with Crippen LogP contribution in [-0.2, 0) is 0 Å². The molecule has 0 radical (unpaired) electrons. The Hall–Kier alpha value is -1.81. The van der Waals surface area contributed by atoms with Gasteiger partial charge in [-0.3, -0.25) is 4.98 Å². The zero-order chi connectivity index (χ0) is 12.4. The lowest BCUT2D eigenvalue weighted by molar-refractivity contribution is 0.577. The molecule has 88 valence electrons. The lowest BCUT2D eigenvalue weighted by atomic mass is 9.97. The van der Waals surface area contributed by atoms with Crippen LogP contribution in [0.3, 0.4) is 0 Å². The van der Waals surface area contributed by atoms with Crippen LogP contribution in [-0.4, -0.2) is 4.98 Å². The summed E-state index contributed by atoms with van der Waals surface area (Å²) in [6.07, 6.45) is 3.28. The molecule has 1 heterocycles. The molecule has 2 N–H and O–H groups in total. The molecule has 4 heteroatoms. The fourth-order valence-electron chi connectivity index (χ4n) is 1.77. The van der Waals surface area contributed by atoms with Crippen molar-refractivity contribution in [2.45, 2.75) is 13.0 Å². The third-order valence-corrected chi connectivity index (χ3v) is 2.64. The first-order valence-corrected chi connectivity index (χ1v) is 5.20. The minimum absolute atomic E-state index is 0.414. The van der Waals surface area contributed by atoms with Crippen molar-refractivity contribution in [2.24, 2.45) is 5.73 Å². The number of halogens is 2. The van der Waals surface area contributed by atoms with E-state index in [1.165, 1.54) is 12.1 Å². The molecule has 2 rings (SSSR count). The maximum atomic E-state index is 13.1. The van der Waals surface area contributed by atoms with Crippen molar-refractivity contribution in [2.75, 3.05) is 0 Å². The van der Waals surface area contributed by atoms with Gasteiger partial charge in [0.25, 0.3) is 0 Å². The van der Waals surface area contributed by atoms with E-state index in [4.69, 9.17) is 5.73 Å². The van der Waals surface area contributed by atoms with Gasteiger partial charge < -0.3 is 5.73 Å². The highest BCUT2D eigenvalue weighted by atomic mass is 19.1. The van der Waals surface area contributed by atoms with Gasteiger partial charge in [0.2, 0.25) is 0 Å². The van der Waals surface area contributed by atoms with Crippen LogP contribution in [0.4, 0.5) is 8.78 Å². The molecule has 0 aliphatic carbocycles. The number of pyridine rings is 1. The average Bonchev–Trinajstić information content (AvgIpc) is 2.27. The molecular weight excluding hydrogens is 222 g/mol. The van der Waals surface area contributed by atoms with E-state index in [0.29, 0.717) is 5.56 Å². The normalized spacial score (nSPS) is 12.5. The molecule has 1 aromatic heterocycles. The second-order valence-electron chi connectivity index (χ2n) is 3.91. The van der Waals surface area contributed by atoms with E-state index < -0.39 is 17.7 Å². The lowest BCUT2D eigenvalue weighted by Gasteiger charge is -2.14. The zero-order valence-corrected chi connectivity index (χ0v) is 9.32. The van der Waals surface area contributed by atoms with Crippen LogP contribution in [0.5, 0.6) is 0 Å². The molecule has 1 aromatic carbocycles. The number of rotatable bonds is 2. The van der Waals surface area contributed by atoms with Crippen LogP contribution >= 0.6 is 0 Å². The summed E-state index contributed by atoms with van der Waals surface area (Å²) < 4.78 is 26.2. The second kappa shape index (κ2) is 4.59. The van der Waals surface area contributed by atoms with Crippen molar-refractivity contribution >= 4 is 0 Å². The van der Waals surface area contributed by atoms with E-state index in [1.807, 2.05) is 6.92 Å². The molecule has 0 aliphatic rings. The Morgan fingerprint density at radius 3 is 2.41 bits per heavy atom. The Kier molecular flexibility index (Phi) is 3.15. The fraction of sp³-hybridized carbons (Fsp3) is 0.154. The summed E-state index contributed by atoms with van der Waals surface area (Å²) in [5.74, 6) is -1.25. The summed E-state index contributed by atoms with van der Waals surface area (Å²) in [6, 6.07) is 4.52. The Balaban J connectivity index is 2.43. The van der Waals surface area contributed by atoms with Crippen LogP contribution in [0.2, 0.25) is 0 Å². The van der Waals surface area contributed by atoms with Gasteiger partial charge in [-0.05, 0) is 41.8 Å². The minimum atomic E-state index is -0.623. The predicted molar refractivity (Wildman–Crippen MR) is 61.4 cm³/mol. The fourth-order valence-corrected chi connectivity index (χ4v) is 1.77. The van der Waals surface area contributed by atoms with Gasteiger partial charge in [-0.2, -0.15) is 0 Å². The summed E-state index contributed by atoms with van der Waals surface area (Å²) in [4.78, 5) is 3.95. The molecule has 2 aromatic rings. The molecule has 1 atom stereocenters. The Morgan fingerprint density at radius 2 is 1.82 bits per heavy atom. The first kappa shape index (κ1) is 11.7. The summed E-state index contributed by atoms with van der Waals surface area (Å²) in [5.41, 5.74) is 8.11. The van der Waals surface area contributed by atoms with E-state index in [9.17, 15) is 8.78 Å². The van der Waals surface area contributed by atoms with Crippen molar-refractivity contribution < 1.29 is 8.78 Å². The minimum Gasteiger partial charge on any atom is -0.320 e. The standard InChI is InChI=1S/C13H12F2N2/c1-8-7-17-3-2-12(8)13(16)9-4-10(14)6-11(15)5-9/h2-7,13H,16H2,1H3. The van der Waals surface area contributed by atoms with E-state index >= 15 is 0 Å². The van der Waals surface area contributed by atoms with Crippen LogP contribution in [0.25, 0.3) is 0 Å². The Morgan fingerprint density at radius 1 is 1.18 bits per heavy atom. The van der Waals surface area contributed by atoms with Gasteiger partial charge in [0.15, 0.2) is 0 Å². The molecule has 0 saturated heterocycles. The van der Waals surface area contributed by atoms with E-state index in [0.717, 1.165) is 17.2 Å². The molecule has 0 bridgehead atoms. The van der Waals surface area contributed by atoms with Gasteiger partial charge >= 0.3 is 0 Å². The first-order chi connectivity index (χ1) is 8.08. The number of hydrogen-bond acceptors (Lipinski definition) is 2. The third kappa shape index (κ3) is 2.47. The zero-order valence-electron chi connectivity index (χ0n) is 9.32. The highest BCUT2D eigenvalue weighted by Crippen LogP contribution is 2.23. The number of nitrogens with two attached hydrogens (primary N) is 1. The van der Waals surface area contributed by atoms with Crippen LogP contribution < -0.4 is 5.73 Å². The van der Waals surface area contributed by atoms with Crippen LogP contribution in [0.15, 0.2) is 36.7 Å². The largest absolute Gasteiger partial charge is 0.320 e. The quantitative estimate of drug-likeness (QED) is 0.867. The molecule has 2 nitrogen and oxygen atoms in total. The molecule has 0 spiro atoms. The van der Waals surface area contributed by atoms with Crippen molar-refractivity contribution in [1.29, 1.82) is 0 Å². The number of nitrogens with zero attached hydrogens (tertiary/aromatic N) is 1. The molecule has 0 amide bonds. The van der Waals surface area contributed by atoms with Gasteiger partial charge in [-0.25, -0.2) is 8.78 Å². The Bertz CT molecular complexity index is 520. The lowest BCUT2D eigenvalue weighted by Crippen LogP contribution is -2.14. The highest BCUT2D eigenvalue weighted by molar-refractivity contribution is 5.35. The van der Waals surface area contributed by atoms with Crippen molar-refractivity contribution in [1.82, 2.24) is 4.98 Å². The van der Waals surface area contributed by atoms with Crippen LogP contribution in [0, 0.1) is 18.6 Å². The number of aromatic nitrogens is 1.